The number of aliphatic hydroxyl groups is 1. The molecular formula is C7H10ClFN4O2. The van der Waals surface area contributed by atoms with E-state index in [-0.39, 0.29) is 5.82 Å². The van der Waals surface area contributed by atoms with Crippen molar-refractivity contribution in [3.63, 3.8) is 0 Å². The van der Waals surface area contributed by atoms with Crippen LogP contribution in [0.1, 0.15) is 17.7 Å². The summed E-state index contributed by atoms with van der Waals surface area (Å²) in [5.74, 6) is -0.320. The zero-order chi connectivity index (χ0) is 11.4. The van der Waals surface area contributed by atoms with Crippen molar-refractivity contribution in [2.45, 2.75) is 18.6 Å². The SMILES string of the molecule is Cc1nc([C@@H](CO)NC(=O)C(F)Cl)n[nH]1. The maximum atomic E-state index is 12.3. The molecule has 3 N–H and O–H groups in total. The van der Waals surface area contributed by atoms with Crippen LogP contribution < -0.4 is 5.32 Å². The molecule has 1 unspecified atom stereocenters. The highest BCUT2D eigenvalue weighted by molar-refractivity contribution is 6.29. The van der Waals surface area contributed by atoms with Gasteiger partial charge in [-0.25, -0.2) is 9.37 Å². The maximum absolute atomic E-state index is 12.3. The highest BCUT2D eigenvalue weighted by Gasteiger charge is 2.21. The van der Waals surface area contributed by atoms with E-state index in [1.165, 1.54) is 0 Å². The minimum Gasteiger partial charge on any atom is -0.394 e. The fraction of sp³-hybridized carbons (Fsp3) is 0.571. The van der Waals surface area contributed by atoms with Gasteiger partial charge in [0.1, 0.15) is 11.9 Å². The Bertz CT molecular complexity index is 343. The molecule has 0 aliphatic carbocycles. The molecule has 0 aromatic carbocycles. The van der Waals surface area contributed by atoms with Crippen LogP contribution in [0.4, 0.5) is 4.39 Å². The first-order valence-corrected chi connectivity index (χ1v) is 4.56. The quantitative estimate of drug-likeness (QED) is 0.632. The molecule has 1 rings (SSSR count). The molecule has 1 aromatic heterocycles. The van der Waals surface area contributed by atoms with Crippen molar-refractivity contribution in [1.82, 2.24) is 20.5 Å². The lowest BCUT2D eigenvalue weighted by atomic mass is 10.3. The molecule has 0 saturated heterocycles. The van der Waals surface area contributed by atoms with Gasteiger partial charge in [0, 0.05) is 0 Å². The lowest BCUT2D eigenvalue weighted by molar-refractivity contribution is -0.124. The van der Waals surface area contributed by atoms with Crippen molar-refractivity contribution in [3.05, 3.63) is 11.6 Å². The molecule has 8 heteroatoms. The number of alkyl halides is 2. The van der Waals surface area contributed by atoms with Gasteiger partial charge in [0.05, 0.1) is 6.61 Å². The summed E-state index contributed by atoms with van der Waals surface area (Å²) < 4.78 is 12.3. The zero-order valence-electron chi connectivity index (χ0n) is 7.87. The third kappa shape index (κ3) is 3.14. The summed E-state index contributed by atoms with van der Waals surface area (Å²) in [6.45, 7) is 1.22. The number of H-pyrrole nitrogens is 1. The van der Waals surface area contributed by atoms with Crippen LogP contribution in [-0.2, 0) is 4.79 Å². The molecule has 0 bridgehead atoms. The second-order valence-corrected chi connectivity index (χ2v) is 3.21. The molecule has 0 radical (unpaired) electrons. The second kappa shape index (κ2) is 5.04. The Labute approximate surface area is 89.8 Å². The van der Waals surface area contributed by atoms with E-state index in [0.29, 0.717) is 5.82 Å². The van der Waals surface area contributed by atoms with E-state index in [1.807, 2.05) is 0 Å². The fourth-order valence-electron chi connectivity index (χ4n) is 0.942. The van der Waals surface area contributed by atoms with Crippen LogP contribution in [0.2, 0.25) is 0 Å². The summed E-state index contributed by atoms with van der Waals surface area (Å²) in [7, 11) is 0. The number of aliphatic hydroxyl groups excluding tert-OH is 1. The van der Waals surface area contributed by atoms with Gasteiger partial charge in [0.15, 0.2) is 5.82 Å². The molecule has 84 valence electrons. The highest BCUT2D eigenvalue weighted by atomic mass is 35.5. The van der Waals surface area contributed by atoms with Gasteiger partial charge in [0.2, 0.25) is 0 Å². The van der Waals surface area contributed by atoms with E-state index in [9.17, 15) is 9.18 Å². The Morgan fingerprint density at radius 1 is 1.80 bits per heavy atom. The van der Waals surface area contributed by atoms with Crippen LogP contribution in [0.25, 0.3) is 0 Å². The molecule has 0 saturated carbocycles. The van der Waals surface area contributed by atoms with Gasteiger partial charge in [-0.1, -0.05) is 11.6 Å². The molecule has 0 aliphatic heterocycles. The number of nitrogens with zero attached hydrogens (tertiary/aromatic N) is 2. The number of hydrogen-bond acceptors (Lipinski definition) is 4. The minimum atomic E-state index is -2.15. The van der Waals surface area contributed by atoms with E-state index in [1.54, 1.807) is 6.92 Å². The monoisotopic (exact) mass is 236 g/mol. The van der Waals surface area contributed by atoms with E-state index in [4.69, 9.17) is 16.7 Å². The molecule has 2 atom stereocenters. The number of nitrogens with one attached hydrogen (secondary N) is 2. The van der Waals surface area contributed by atoms with Gasteiger partial charge >= 0.3 is 0 Å². The fourth-order valence-corrected chi connectivity index (χ4v) is 1.01. The molecular weight excluding hydrogens is 227 g/mol. The first-order chi connectivity index (χ1) is 7.04. The first-order valence-electron chi connectivity index (χ1n) is 4.13. The number of halogens is 2. The van der Waals surface area contributed by atoms with Crippen molar-refractivity contribution >= 4 is 17.5 Å². The second-order valence-electron chi connectivity index (χ2n) is 2.82. The summed E-state index contributed by atoms with van der Waals surface area (Å²) in [4.78, 5) is 14.8. The van der Waals surface area contributed by atoms with Gasteiger partial charge in [-0.05, 0) is 6.92 Å². The summed E-state index contributed by atoms with van der Waals surface area (Å²) in [6, 6.07) is -0.862. The number of aromatic amines is 1. The van der Waals surface area contributed by atoms with E-state index >= 15 is 0 Å². The van der Waals surface area contributed by atoms with Crippen molar-refractivity contribution in [1.29, 1.82) is 0 Å². The summed E-state index contributed by atoms with van der Waals surface area (Å²) in [5, 5.41) is 17.4. The third-order valence-corrected chi connectivity index (χ3v) is 1.82. The maximum Gasteiger partial charge on any atom is 0.270 e. The van der Waals surface area contributed by atoms with Gasteiger partial charge in [-0.3, -0.25) is 9.89 Å². The van der Waals surface area contributed by atoms with Crippen LogP contribution in [0.5, 0.6) is 0 Å². The minimum absolute atomic E-state index is 0.181. The zero-order valence-corrected chi connectivity index (χ0v) is 8.62. The summed E-state index contributed by atoms with van der Waals surface area (Å²) in [5.41, 5.74) is -2.15. The molecule has 1 amide bonds. The van der Waals surface area contributed by atoms with E-state index < -0.39 is 24.2 Å². The Morgan fingerprint density at radius 2 is 2.47 bits per heavy atom. The van der Waals surface area contributed by atoms with E-state index in [2.05, 4.69) is 20.5 Å². The number of carbonyl (C=O) groups is 1. The number of hydrogen-bond donors (Lipinski definition) is 3. The Hall–Kier alpha value is -1.21. The molecule has 1 heterocycles. The standard InChI is InChI=1S/C7H10ClFN4O2/c1-3-10-6(13-12-3)4(2-14)11-7(15)5(8)9/h4-5,14H,2H2,1H3,(H,11,15)(H,10,12,13)/t4-,5?/m1/s1. The Morgan fingerprint density at radius 3 is 2.87 bits per heavy atom. The van der Waals surface area contributed by atoms with Crippen molar-refractivity contribution in [2.24, 2.45) is 0 Å². The highest BCUT2D eigenvalue weighted by Crippen LogP contribution is 2.08. The molecule has 6 nitrogen and oxygen atoms in total. The number of amides is 1. The van der Waals surface area contributed by atoms with Gasteiger partial charge in [-0.15, -0.1) is 0 Å². The van der Waals surface area contributed by atoms with Crippen LogP contribution >= 0.6 is 11.6 Å². The van der Waals surface area contributed by atoms with E-state index in [0.717, 1.165) is 0 Å². The van der Waals surface area contributed by atoms with Crippen molar-refractivity contribution < 1.29 is 14.3 Å². The Balaban J connectivity index is 2.68. The molecule has 1 aromatic rings. The molecule has 0 aliphatic rings. The molecule has 0 spiro atoms. The lowest BCUT2D eigenvalue weighted by Crippen LogP contribution is -2.35. The van der Waals surface area contributed by atoms with Gasteiger partial charge in [-0.2, -0.15) is 5.10 Å². The largest absolute Gasteiger partial charge is 0.394 e. The average molecular weight is 237 g/mol. The van der Waals surface area contributed by atoms with Crippen LogP contribution in [-0.4, -0.2) is 38.4 Å². The van der Waals surface area contributed by atoms with Crippen molar-refractivity contribution in [2.75, 3.05) is 6.61 Å². The van der Waals surface area contributed by atoms with Crippen molar-refractivity contribution in [3.8, 4) is 0 Å². The smallest absolute Gasteiger partial charge is 0.270 e. The summed E-state index contributed by atoms with van der Waals surface area (Å²) >= 11 is 4.91. The summed E-state index contributed by atoms with van der Waals surface area (Å²) in [6.07, 6.45) is 0. The molecule has 0 fully saturated rings. The third-order valence-electron chi connectivity index (χ3n) is 1.62. The normalized spacial score (nSPS) is 14.7. The lowest BCUT2D eigenvalue weighted by Gasteiger charge is -2.12. The average Bonchev–Trinajstić information content (AvgIpc) is 2.60. The molecule has 15 heavy (non-hydrogen) atoms. The van der Waals surface area contributed by atoms with Crippen LogP contribution in [0, 0.1) is 6.92 Å². The van der Waals surface area contributed by atoms with Gasteiger partial charge < -0.3 is 10.4 Å². The van der Waals surface area contributed by atoms with Gasteiger partial charge in [0.25, 0.3) is 11.5 Å². The number of aromatic nitrogens is 3. The number of rotatable bonds is 4. The topological polar surface area (TPSA) is 90.9 Å². The predicted molar refractivity (Wildman–Crippen MR) is 49.8 cm³/mol. The Kier molecular flexibility index (Phi) is 3.98. The number of carbonyl (C=O) groups excluding carboxylic acids is 1. The predicted octanol–water partition coefficient (Wildman–Crippen LogP) is -0.203. The van der Waals surface area contributed by atoms with Crippen LogP contribution in [0.3, 0.4) is 0 Å². The van der Waals surface area contributed by atoms with Crippen LogP contribution in [0.15, 0.2) is 0 Å². The number of aryl methyl sites for hydroxylation is 1. The first kappa shape index (κ1) is 11.9.